The number of carbonyl (C=O) groups excluding carboxylic acids is 2. The van der Waals surface area contributed by atoms with Crippen LogP contribution in [0.1, 0.15) is 51.9 Å². The Morgan fingerprint density at radius 2 is 2.11 bits per heavy atom. The molecule has 102 valence electrons. The van der Waals surface area contributed by atoms with Gasteiger partial charge in [0, 0.05) is 0 Å². The fraction of sp³-hybridized carbons (Fsp3) is 0.714. The van der Waals surface area contributed by atoms with Gasteiger partial charge in [-0.3, -0.25) is 9.59 Å². The van der Waals surface area contributed by atoms with Crippen LogP contribution in [-0.2, 0) is 19.1 Å². The van der Waals surface area contributed by atoms with Gasteiger partial charge in [0.15, 0.2) is 0 Å². The Bertz CT molecular complexity index is 320. The molecule has 0 bridgehead atoms. The van der Waals surface area contributed by atoms with E-state index in [-0.39, 0.29) is 12.5 Å². The SMILES string of the molecule is CCCCCC1=CCCC1OC(=O)CC(=O)OC. The second-order valence-electron chi connectivity index (χ2n) is 4.54. The number of ether oxygens (including phenoxy) is 2. The van der Waals surface area contributed by atoms with Gasteiger partial charge in [0.1, 0.15) is 12.5 Å². The number of hydrogen-bond donors (Lipinski definition) is 0. The van der Waals surface area contributed by atoms with E-state index in [1.165, 1.54) is 25.5 Å². The lowest BCUT2D eigenvalue weighted by molar-refractivity contribution is -0.155. The summed E-state index contributed by atoms with van der Waals surface area (Å²) in [5.41, 5.74) is 1.21. The maximum Gasteiger partial charge on any atom is 0.317 e. The molecule has 0 aromatic carbocycles. The highest BCUT2D eigenvalue weighted by Crippen LogP contribution is 2.26. The molecular weight excluding hydrogens is 232 g/mol. The Morgan fingerprint density at radius 3 is 2.78 bits per heavy atom. The van der Waals surface area contributed by atoms with Gasteiger partial charge >= 0.3 is 11.9 Å². The van der Waals surface area contributed by atoms with Crippen molar-refractivity contribution in [3.8, 4) is 0 Å². The van der Waals surface area contributed by atoms with Gasteiger partial charge in [-0.2, -0.15) is 0 Å². The molecule has 0 radical (unpaired) electrons. The molecule has 1 atom stereocenters. The highest BCUT2D eigenvalue weighted by molar-refractivity contribution is 5.91. The molecule has 0 heterocycles. The highest BCUT2D eigenvalue weighted by atomic mass is 16.6. The van der Waals surface area contributed by atoms with Gasteiger partial charge in [-0.25, -0.2) is 0 Å². The van der Waals surface area contributed by atoms with Gasteiger partial charge in [0.05, 0.1) is 7.11 Å². The summed E-state index contributed by atoms with van der Waals surface area (Å²) in [7, 11) is 1.27. The van der Waals surface area contributed by atoms with Gasteiger partial charge in [-0.05, 0) is 31.3 Å². The molecule has 0 saturated heterocycles. The standard InChI is InChI=1S/C14H22O4/c1-3-4-5-7-11-8-6-9-12(11)18-14(16)10-13(15)17-2/h8,12H,3-7,9-10H2,1-2H3. The van der Waals surface area contributed by atoms with Gasteiger partial charge in [-0.15, -0.1) is 0 Å². The van der Waals surface area contributed by atoms with Crippen molar-refractivity contribution in [2.24, 2.45) is 0 Å². The molecule has 1 aliphatic carbocycles. The smallest absolute Gasteiger partial charge is 0.317 e. The molecule has 0 amide bonds. The van der Waals surface area contributed by atoms with Crippen LogP contribution in [0.15, 0.2) is 11.6 Å². The molecule has 0 N–H and O–H groups in total. The molecule has 0 fully saturated rings. The van der Waals surface area contributed by atoms with E-state index in [1.807, 2.05) is 0 Å². The van der Waals surface area contributed by atoms with E-state index >= 15 is 0 Å². The van der Waals surface area contributed by atoms with Crippen molar-refractivity contribution in [2.45, 2.75) is 58.0 Å². The molecular formula is C14H22O4. The number of esters is 2. The van der Waals surface area contributed by atoms with Gasteiger partial charge in [-0.1, -0.05) is 25.8 Å². The minimum atomic E-state index is -0.547. The third-order valence-corrected chi connectivity index (χ3v) is 3.11. The number of hydrogen-bond acceptors (Lipinski definition) is 4. The molecule has 1 rings (SSSR count). The Hall–Kier alpha value is -1.32. The van der Waals surface area contributed by atoms with Crippen LogP contribution >= 0.6 is 0 Å². The summed E-state index contributed by atoms with van der Waals surface area (Å²) in [4.78, 5) is 22.4. The Labute approximate surface area is 108 Å². The van der Waals surface area contributed by atoms with Crippen LogP contribution in [0, 0.1) is 0 Å². The normalized spacial score (nSPS) is 18.3. The van der Waals surface area contributed by atoms with Gasteiger partial charge in [0.25, 0.3) is 0 Å². The van der Waals surface area contributed by atoms with E-state index in [9.17, 15) is 9.59 Å². The van der Waals surface area contributed by atoms with Crippen LogP contribution in [0.2, 0.25) is 0 Å². The lowest BCUT2D eigenvalue weighted by Crippen LogP contribution is -2.20. The Kier molecular flexibility index (Phi) is 6.47. The summed E-state index contributed by atoms with van der Waals surface area (Å²) >= 11 is 0. The zero-order chi connectivity index (χ0) is 13.4. The average Bonchev–Trinajstić information content (AvgIpc) is 2.76. The zero-order valence-corrected chi connectivity index (χ0v) is 11.2. The van der Waals surface area contributed by atoms with Gasteiger partial charge in [0.2, 0.25) is 0 Å². The lowest BCUT2D eigenvalue weighted by Gasteiger charge is -2.15. The highest BCUT2D eigenvalue weighted by Gasteiger charge is 2.23. The van der Waals surface area contributed by atoms with Crippen molar-refractivity contribution in [3.63, 3.8) is 0 Å². The molecule has 0 spiro atoms. The predicted molar refractivity (Wildman–Crippen MR) is 68.0 cm³/mol. The second kappa shape index (κ2) is 7.90. The predicted octanol–water partition coefficient (Wildman–Crippen LogP) is 2.76. The molecule has 4 heteroatoms. The summed E-state index contributed by atoms with van der Waals surface area (Å²) in [5.74, 6) is -1.04. The molecule has 1 unspecified atom stereocenters. The van der Waals surface area contributed by atoms with Crippen molar-refractivity contribution in [2.75, 3.05) is 7.11 Å². The quantitative estimate of drug-likeness (QED) is 0.303. The first-order valence-corrected chi connectivity index (χ1v) is 6.62. The fourth-order valence-electron chi connectivity index (χ4n) is 2.10. The van der Waals surface area contributed by atoms with Crippen molar-refractivity contribution in [1.82, 2.24) is 0 Å². The molecule has 4 nitrogen and oxygen atoms in total. The maximum absolute atomic E-state index is 11.5. The van der Waals surface area contributed by atoms with Crippen molar-refractivity contribution in [3.05, 3.63) is 11.6 Å². The zero-order valence-electron chi connectivity index (χ0n) is 11.2. The number of carbonyl (C=O) groups is 2. The Balaban J connectivity index is 2.34. The Morgan fingerprint density at radius 1 is 1.33 bits per heavy atom. The molecule has 0 saturated carbocycles. The van der Waals surface area contributed by atoms with Crippen molar-refractivity contribution >= 4 is 11.9 Å². The van der Waals surface area contributed by atoms with Gasteiger partial charge < -0.3 is 9.47 Å². The lowest BCUT2D eigenvalue weighted by atomic mass is 10.1. The largest absolute Gasteiger partial charge is 0.469 e. The summed E-state index contributed by atoms with van der Waals surface area (Å²) < 4.78 is 9.76. The van der Waals surface area contributed by atoms with E-state index in [0.29, 0.717) is 0 Å². The molecule has 0 aromatic rings. The van der Waals surface area contributed by atoms with Crippen LogP contribution in [0.4, 0.5) is 0 Å². The number of unbranched alkanes of at least 4 members (excludes halogenated alkanes) is 2. The molecule has 0 aliphatic heterocycles. The molecule has 1 aliphatic rings. The molecule has 18 heavy (non-hydrogen) atoms. The topological polar surface area (TPSA) is 52.6 Å². The maximum atomic E-state index is 11.5. The summed E-state index contributed by atoms with van der Waals surface area (Å²) in [6.45, 7) is 2.16. The van der Waals surface area contributed by atoms with Crippen LogP contribution in [0.25, 0.3) is 0 Å². The third kappa shape index (κ3) is 4.90. The molecule has 0 aromatic heterocycles. The van der Waals surface area contributed by atoms with E-state index < -0.39 is 11.9 Å². The first-order valence-electron chi connectivity index (χ1n) is 6.62. The summed E-state index contributed by atoms with van der Waals surface area (Å²) in [5, 5.41) is 0. The van der Waals surface area contributed by atoms with Crippen molar-refractivity contribution < 1.29 is 19.1 Å². The monoisotopic (exact) mass is 254 g/mol. The second-order valence-corrected chi connectivity index (χ2v) is 4.54. The van der Waals surface area contributed by atoms with Crippen molar-refractivity contribution in [1.29, 1.82) is 0 Å². The first-order chi connectivity index (χ1) is 8.67. The minimum absolute atomic E-state index is 0.126. The average molecular weight is 254 g/mol. The van der Waals surface area contributed by atoms with E-state index in [2.05, 4.69) is 17.7 Å². The van der Waals surface area contributed by atoms with Crippen LogP contribution in [-0.4, -0.2) is 25.2 Å². The third-order valence-electron chi connectivity index (χ3n) is 3.11. The first kappa shape index (κ1) is 14.7. The van der Waals surface area contributed by atoms with E-state index in [0.717, 1.165) is 25.7 Å². The fourth-order valence-corrected chi connectivity index (χ4v) is 2.10. The summed E-state index contributed by atoms with van der Waals surface area (Å²) in [6, 6.07) is 0. The van der Waals surface area contributed by atoms with Crippen LogP contribution in [0.5, 0.6) is 0 Å². The summed E-state index contributed by atoms with van der Waals surface area (Å²) in [6.07, 6.45) is 8.03. The van der Waals surface area contributed by atoms with Crippen LogP contribution < -0.4 is 0 Å². The van der Waals surface area contributed by atoms with Crippen LogP contribution in [0.3, 0.4) is 0 Å². The number of rotatable bonds is 7. The van der Waals surface area contributed by atoms with E-state index in [1.54, 1.807) is 0 Å². The minimum Gasteiger partial charge on any atom is -0.469 e. The van der Waals surface area contributed by atoms with E-state index in [4.69, 9.17) is 4.74 Å². The number of methoxy groups -OCH3 is 1. The number of allylic oxidation sites excluding steroid dienone is 1.